The van der Waals surface area contributed by atoms with E-state index in [4.69, 9.17) is 17.0 Å². The molecule has 0 aliphatic rings. The van der Waals surface area contributed by atoms with E-state index in [9.17, 15) is 5.11 Å². The van der Waals surface area contributed by atoms with Crippen molar-refractivity contribution in [3.63, 3.8) is 0 Å². The topological polar surface area (TPSA) is 75.4 Å². The van der Waals surface area contributed by atoms with Crippen molar-refractivity contribution in [2.24, 2.45) is 5.10 Å². The van der Waals surface area contributed by atoms with E-state index in [-0.39, 0.29) is 11.7 Å². The van der Waals surface area contributed by atoms with Crippen LogP contribution in [-0.4, -0.2) is 32.8 Å². The number of nitrogens with zero attached hydrogens (tertiary/aromatic N) is 3. The van der Waals surface area contributed by atoms with E-state index in [0.717, 1.165) is 18.7 Å². The lowest BCUT2D eigenvalue weighted by atomic mass is 10.0. The fourth-order valence-corrected chi connectivity index (χ4v) is 2.56. The summed E-state index contributed by atoms with van der Waals surface area (Å²) in [6.45, 7) is 6.57. The van der Waals surface area contributed by atoms with Gasteiger partial charge in [0.25, 0.3) is 0 Å². The van der Waals surface area contributed by atoms with Crippen LogP contribution in [0.4, 0.5) is 0 Å². The fraction of sp³-hybridized carbons (Fsp3) is 0.438. The Labute approximate surface area is 140 Å². The van der Waals surface area contributed by atoms with E-state index in [2.05, 4.69) is 29.1 Å². The Hall–Kier alpha value is -2.15. The van der Waals surface area contributed by atoms with Crippen molar-refractivity contribution in [2.75, 3.05) is 6.61 Å². The number of rotatable bonds is 7. The molecule has 1 aromatic carbocycles. The maximum atomic E-state index is 10.2. The quantitative estimate of drug-likeness (QED) is 0.596. The van der Waals surface area contributed by atoms with Crippen molar-refractivity contribution in [2.45, 2.75) is 39.5 Å². The van der Waals surface area contributed by atoms with E-state index in [1.54, 1.807) is 23.0 Å². The molecule has 2 N–H and O–H groups in total. The second-order valence-corrected chi connectivity index (χ2v) is 5.47. The number of benzene rings is 1. The number of hydrogen-bond acceptors (Lipinski definition) is 5. The minimum Gasteiger partial charge on any atom is -0.504 e. The zero-order valence-corrected chi connectivity index (χ0v) is 14.4. The third-order valence-electron chi connectivity index (χ3n) is 3.67. The molecule has 7 heteroatoms. The molecule has 124 valence electrons. The van der Waals surface area contributed by atoms with Gasteiger partial charge in [-0.25, -0.2) is 0 Å². The van der Waals surface area contributed by atoms with Crippen LogP contribution in [0.3, 0.4) is 0 Å². The number of aromatic hydroxyl groups is 1. The molecular formula is C16H22N4O2S. The van der Waals surface area contributed by atoms with Crippen LogP contribution in [0.1, 0.15) is 50.9 Å². The lowest BCUT2D eigenvalue weighted by Gasteiger charge is -2.10. The summed E-state index contributed by atoms with van der Waals surface area (Å²) in [5.41, 5.74) is 0.564. The van der Waals surface area contributed by atoms with Crippen molar-refractivity contribution >= 4 is 18.4 Å². The first-order chi connectivity index (χ1) is 11.1. The molecule has 1 heterocycles. The fourth-order valence-electron chi connectivity index (χ4n) is 2.37. The van der Waals surface area contributed by atoms with Gasteiger partial charge in [0.15, 0.2) is 17.3 Å². The van der Waals surface area contributed by atoms with Gasteiger partial charge in [0, 0.05) is 11.5 Å². The van der Waals surface area contributed by atoms with Crippen LogP contribution in [0.15, 0.2) is 23.3 Å². The van der Waals surface area contributed by atoms with Gasteiger partial charge in [-0.05, 0) is 44.1 Å². The Morgan fingerprint density at radius 1 is 1.39 bits per heavy atom. The normalized spacial score (nSPS) is 11.5. The zero-order chi connectivity index (χ0) is 16.8. The lowest BCUT2D eigenvalue weighted by Crippen LogP contribution is -2.05. The summed E-state index contributed by atoms with van der Waals surface area (Å²) in [4.78, 5) is 0. The molecule has 0 atom stereocenters. The summed E-state index contributed by atoms with van der Waals surface area (Å²) < 4.78 is 7.42. The summed E-state index contributed by atoms with van der Waals surface area (Å²) in [5, 5.41) is 21.7. The van der Waals surface area contributed by atoms with Crippen LogP contribution < -0.4 is 4.74 Å². The van der Waals surface area contributed by atoms with Crippen molar-refractivity contribution in [1.82, 2.24) is 14.9 Å². The molecule has 2 rings (SSSR count). The second kappa shape index (κ2) is 7.92. The number of phenolic OH excluding ortho intramolecular Hbond substituents is 1. The van der Waals surface area contributed by atoms with E-state index < -0.39 is 0 Å². The monoisotopic (exact) mass is 334 g/mol. The summed E-state index contributed by atoms with van der Waals surface area (Å²) in [5.74, 6) is 1.59. The maximum Gasteiger partial charge on any atom is 0.216 e. The summed E-state index contributed by atoms with van der Waals surface area (Å²) in [6.07, 6.45) is 3.47. The molecule has 6 nitrogen and oxygen atoms in total. The number of para-hydroxylation sites is 1. The number of hydrogen-bond donors (Lipinski definition) is 2. The van der Waals surface area contributed by atoms with Gasteiger partial charge in [-0.1, -0.05) is 19.9 Å². The highest BCUT2D eigenvalue weighted by Gasteiger charge is 2.15. The highest BCUT2D eigenvalue weighted by atomic mass is 32.1. The van der Waals surface area contributed by atoms with Gasteiger partial charge in [-0.15, -0.1) is 0 Å². The third-order valence-corrected chi connectivity index (χ3v) is 3.93. The smallest absolute Gasteiger partial charge is 0.216 e. The third kappa shape index (κ3) is 3.79. The molecule has 1 aromatic heterocycles. The Morgan fingerprint density at radius 2 is 2.13 bits per heavy atom. The average Bonchev–Trinajstić information content (AvgIpc) is 2.91. The molecule has 0 radical (unpaired) electrons. The van der Waals surface area contributed by atoms with Crippen LogP contribution in [0.2, 0.25) is 0 Å². The van der Waals surface area contributed by atoms with Gasteiger partial charge in [0.1, 0.15) is 0 Å². The first kappa shape index (κ1) is 17.2. The highest BCUT2D eigenvalue weighted by molar-refractivity contribution is 7.71. The van der Waals surface area contributed by atoms with Gasteiger partial charge >= 0.3 is 0 Å². The summed E-state index contributed by atoms with van der Waals surface area (Å²) >= 11 is 5.25. The molecule has 0 aliphatic heterocycles. The number of phenols is 1. The molecule has 0 bridgehead atoms. The van der Waals surface area contributed by atoms with Crippen LogP contribution in [0.5, 0.6) is 11.5 Å². The van der Waals surface area contributed by atoms with Gasteiger partial charge in [-0.2, -0.15) is 14.9 Å². The van der Waals surface area contributed by atoms with E-state index in [1.807, 2.05) is 13.0 Å². The van der Waals surface area contributed by atoms with Gasteiger partial charge in [0.2, 0.25) is 4.77 Å². The van der Waals surface area contributed by atoms with Crippen molar-refractivity contribution in [1.29, 1.82) is 0 Å². The molecule has 0 spiro atoms. The largest absolute Gasteiger partial charge is 0.504 e. The summed E-state index contributed by atoms with van der Waals surface area (Å²) in [7, 11) is 0. The highest BCUT2D eigenvalue weighted by Crippen LogP contribution is 2.28. The first-order valence-electron chi connectivity index (χ1n) is 7.78. The van der Waals surface area contributed by atoms with Crippen LogP contribution in [0.25, 0.3) is 0 Å². The average molecular weight is 334 g/mol. The number of ether oxygens (including phenoxy) is 1. The molecule has 23 heavy (non-hydrogen) atoms. The maximum absolute atomic E-state index is 10.2. The van der Waals surface area contributed by atoms with Crippen molar-refractivity contribution in [3.05, 3.63) is 34.4 Å². The van der Waals surface area contributed by atoms with Crippen LogP contribution >= 0.6 is 12.2 Å². The molecule has 0 unspecified atom stereocenters. The SMILES string of the molecule is CCOc1cccc(/C=N\n2c(C(CC)CC)n[nH]c2=S)c1O. The van der Waals surface area contributed by atoms with Gasteiger partial charge < -0.3 is 9.84 Å². The lowest BCUT2D eigenvalue weighted by molar-refractivity contribution is 0.318. The molecule has 0 aliphatic carbocycles. The molecule has 0 amide bonds. The van der Waals surface area contributed by atoms with Gasteiger partial charge in [-0.3, -0.25) is 5.10 Å². The van der Waals surface area contributed by atoms with Crippen LogP contribution in [0, 0.1) is 4.77 Å². The standard InChI is InChI=1S/C16H22N4O2S/c1-4-11(5-2)15-18-19-16(23)20(15)17-10-12-8-7-9-13(14(12)21)22-6-3/h7-11,21H,4-6H2,1-3H3,(H,19,23)/b17-10-. The Balaban J connectivity index is 2.36. The Morgan fingerprint density at radius 3 is 2.78 bits per heavy atom. The Kier molecular flexibility index (Phi) is 5.92. The van der Waals surface area contributed by atoms with Crippen LogP contribution in [-0.2, 0) is 0 Å². The predicted octanol–water partition coefficient (Wildman–Crippen LogP) is 3.83. The minimum atomic E-state index is 0.0668. The number of nitrogens with one attached hydrogen (secondary N) is 1. The van der Waals surface area contributed by atoms with E-state index in [0.29, 0.717) is 22.7 Å². The minimum absolute atomic E-state index is 0.0668. The molecule has 0 saturated heterocycles. The zero-order valence-electron chi connectivity index (χ0n) is 13.6. The first-order valence-corrected chi connectivity index (χ1v) is 8.19. The van der Waals surface area contributed by atoms with Gasteiger partial charge in [0.05, 0.1) is 12.8 Å². The van der Waals surface area contributed by atoms with E-state index in [1.165, 1.54) is 0 Å². The van der Waals surface area contributed by atoms with Crippen molar-refractivity contribution in [3.8, 4) is 11.5 Å². The number of aromatic nitrogens is 3. The molecule has 2 aromatic rings. The Bertz CT molecular complexity index is 732. The van der Waals surface area contributed by atoms with E-state index >= 15 is 0 Å². The molecular weight excluding hydrogens is 312 g/mol. The summed E-state index contributed by atoms with van der Waals surface area (Å²) in [6, 6.07) is 5.29. The molecule has 0 saturated carbocycles. The predicted molar refractivity (Wildman–Crippen MR) is 93.0 cm³/mol. The molecule has 0 fully saturated rings. The second-order valence-electron chi connectivity index (χ2n) is 5.08. The number of H-pyrrole nitrogens is 1. The van der Waals surface area contributed by atoms with Crippen molar-refractivity contribution < 1.29 is 9.84 Å². The number of aromatic amines is 1.